The minimum absolute atomic E-state index is 0.452. The van der Waals surface area contributed by atoms with E-state index in [1.165, 1.54) is 0 Å². The zero-order chi connectivity index (χ0) is 11.8. The van der Waals surface area contributed by atoms with E-state index in [0.29, 0.717) is 18.3 Å². The number of aldehydes is 1. The van der Waals surface area contributed by atoms with Gasteiger partial charge in [0, 0.05) is 5.33 Å². The van der Waals surface area contributed by atoms with Crippen molar-refractivity contribution in [2.24, 2.45) is 0 Å². The minimum atomic E-state index is -0.648. The second-order valence-corrected chi connectivity index (χ2v) is 4.07. The predicted molar refractivity (Wildman–Crippen MR) is 64.7 cm³/mol. The van der Waals surface area contributed by atoms with Gasteiger partial charge in [-0.3, -0.25) is 4.79 Å². The second kappa shape index (κ2) is 7.17. The predicted octanol–water partition coefficient (Wildman–Crippen LogP) is 2.59. The van der Waals surface area contributed by atoms with Crippen molar-refractivity contribution in [3.63, 3.8) is 0 Å². The molecule has 1 rings (SSSR count). The van der Waals surface area contributed by atoms with Crippen molar-refractivity contribution in [2.45, 2.75) is 18.9 Å². The van der Waals surface area contributed by atoms with Crippen molar-refractivity contribution in [1.82, 2.24) is 0 Å². The molecule has 0 spiro atoms. The zero-order valence-corrected chi connectivity index (χ0v) is 10.4. The lowest BCUT2D eigenvalue weighted by molar-refractivity contribution is -0.115. The largest absolute Gasteiger partial charge is 0.451 e. The first-order valence-corrected chi connectivity index (χ1v) is 6.17. The highest BCUT2D eigenvalue weighted by atomic mass is 79.9. The van der Waals surface area contributed by atoms with Crippen LogP contribution in [0.2, 0.25) is 0 Å². The van der Waals surface area contributed by atoms with Gasteiger partial charge in [0.15, 0.2) is 12.4 Å². The molecule has 0 saturated carbocycles. The SMILES string of the molecule is O=CC(CCCBr)OC(=O)c1ccccc1. The topological polar surface area (TPSA) is 43.4 Å². The molecule has 0 aromatic heterocycles. The summed E-state index contributed by atoms with van der Waals surface area (Å²) in [6.45, 7) is 0. The number of carbonyl (C=O) groups excluding carboxylic acids is 2. The molecular formula is C12H13BrO3. The van der Waals surface area contributed by atoms with E-state index in [2.05, 4.69) is 15.9 Å². The molecule has 0 heterocycles. The van der Waals surface area contributed by atoms with Crippen LogP contribution in [-0.4, -0.2) is 23.7 Å². The lowest BCUT2D eigenvalue weighted by Gasteiger charge is -2.11. The fourth-order valence-electron chi connectivity index (χ4n) is 1.21. The molecule has 0 saturated heterocycles. The normalized spacial score (nSPS) is 11.8. The molecule has 4 heteroatoms. The van der Waals surface area contributed by atoms with Gasteiger partial charge in [-0.15, -0.1) is 0 Å². The van der Waals surface area contributed by atoms with Crippen molar-refractivity contribution in [2.75, 3.05) is 5.33 Å². The summed E-state index contributed by atoms with van der Waals surface area (Å²) in [6, 6.07) is 8.65. The number of halogens is 1. The highest BCUT2D eigenvalue weighted by Crippen LogP contribution is 2.07. The maximum absolute atomic E-state index is 11.6. The molecule has 0 amide bonds. The molecule has 0 aliphatic rings. The Morgan fingerprint density at radius 1 is 1.38 bits per heavy atom. The van der Waals surface area contributed by atoms with Crippen LogP contribution in [0.3, 0.4) is 0 Å². The average Bonchev–Trinajstić information content (AvgIpc) is 2.35. The number of hydrogen-bond donors (Lipinski definition) is 0. The fraction of sp³-hybridized carbons (Fsp3) is 0.333. The van der Waals surface area contributed by atoms with Crippen LogP contribution in [0.1, 0.15) is 23.2 Å². The highest BCUT2D eigenvalue weighted by Gasteiger charge is 2.14. The molecule has 0 radical (unpaired) electrons. The van der Waals surface area contributed by atoms with Gasteiger partial charge in [0.2, 0.25) is 0 Å². The van der Waals surface area contributed by atoms with Gasteiger partial charge in [-0.05, 0) is 25.0 Å². The van der Waals surface area contributed by atoms with Crippen LogP contribution in [0.25, 0.3) is 0 Å². The van der Waals surface area contributed by atoms with E-state index < -0.39 is 12.1 Å². The van der Waals surface area contributed by atoms with Crippen LogP contribution in [0.15, 0.2) is 30.3 Å². The number of benzene rings is 1. The second-order valence-electron chi connectivity index (χ2n) is 3.28. The van der Waals surface area contributed by atoms with E-state index in [9.17, 15) is 9.59 Å². The van der Waals surface area contributed by atoms with Crippen molar-refractivity contribution in [3.8, 4) is 0 Å². The van der Waals surface area contributed by atoms with Gasteiger partial charge in [-0.25, -0.2) is 4.79 Å². The number of carbonyl (C=O) groups is 2. The molecule has 1 atom stereocenters. The van der Waals surface area contributed by atoms with Crippen LogP contribution in [0, 0.1) is 0 Å². The molecule has 0 N–H and O–H groups in total. The van der Waals surface area contributed by atoms with Gasteiger partial charge >= 0.3 is 5.97 Å². The summed E-state index contributed by atoms with van der Waals surface area (Å²) in [6.07, 6.45) is 1.37. The Labute approximate surface area is 103 Å². The average molecular weight is 285 g/mol. The monoisotopic (exact) mass is 284 g/mol. The van der Waals surface area contributed by atoms with Gasteiger partial charge in [0.05, 0.1) is 5.56 Å². The summed E-state index contributed by atoms with van der Waals surface area (Å²) in [4.78, 5) is 22.3. The summed E-state index contributed by atoms with van der Waals surface area (Å²) in [7, 11) is 0. The van der Waals surface area contributed by atoms with Crippen molar-refractivity contribution in [3.05, 3.63) is 35.9 Å². The third kappa shape index (κ3) is 4.14. The van der Waals surface area contributed by atoms with E-state index >= 15 is 0 Å². The van der Waals surface area contributed by atoms with E-state index in [4.69, 9.17) is 4.74 Å². The van der Waals surface area contributed by atoms with E-state index in [0.717, 1.165) is 11.8 Å². The van der Waals surface area contributed by atoms with Crippen LogP contribution >= 0.6 is 15.9 Å². The molecule has 86 valence electrons. The van der Waals surface area contributed by atoms with Gasteiger partial charge in [0.1, 0.15) is 0 Å². The smallest absolute Gasteiger partial charge is 0.338 e. The third-order valence-corrected chi connectivity index (χ3v) is 2.60. The molecule has 0 aliphatic heterocycles. The van der Waals surface area contributed by atoms with Gasteiger partial charge < -0.3 is 4.74 Å². The Hall–Kier alpha value is -1.16. The van der Waals surface area contributed by atoms with Crippen LogP contribution in [0.4, 0.5) is 0 Å². The lowest BCUT2D eigenvalue weighted by atomic mass is 10.2. The maximum atomic E-state index is 11.6. The third-order valence-electron chi connectivity index (χ3n) is 2.04. The summed E-state index contributed by atoms with van der Waals surface area (Å²) >= 11 is 3.26. The lowest BCUT2D eigenvalue weighted by Crippen LogP contribution is -2.19. The van der Waals surface area contributed by atoms with Crippen LogP contribution in [0.5, 0.6) is 0 Å². The molecule has 1 unspecified atom stereocenters. The molecule has 0 bridgehead atoms. The maximum Gasteiger partial charge on any atom is 0.338 e. The number of hydrogen-bond acceptors (Lipinski definition) is 3. The van der Waals surface area contributed by atoms with Gasteiger partial charge in [0.25, 0.3) is 0 Å². The molecule has 0 fully saturated rings. The summed E-state index contributed by atoms with van der Waals surface area (Å²) in [5.74, 6) is -0.452. The molecular weight excluding hydrogens is 272 g/mol. The highest BCUT2D eigenvalue weighted by molar-refractivity contribution is 9.09. The van der Waals surface area contributed by atoms with Gasteiger partial charge in [-0.2, -0.15) is 0 Å². The van der Waals surface area contributed by atoms with Crippen LogP contribution in [-0.2, 0) is 9.53 Å². The first-order chi connectivity index (χ1) is 7.77. The molecule has 1 aromatic rings. The summed E-state index contributed by atoms with van der Waals surface area (Å²) in [5, 5.41) is 0.792. The summed E-state index contributed by atoms with van der Waals surface area (Å²) in [5.41, 5.74) is 0.466. The Balaban J connectivity index is 2.52. The van der Waals surface area contributed by atoms with E-state index in [-0.39, 0.29) is 0 Å². The molecule has 0 aliphatic carbocycles. The molecule has 16 heavy (non-hydrogen) atoms. The Bertz CT molecular complexity index is 337. The molecule has 3 nitrogen and oxygen atoms in total. The van der Waals surface area contributed by atoms with E-state index in [1.54, 1.807) is 24.3 Å². The number of ether oxygens (including phenoxy) is 1. The zero-order valence-electron chi connectivity index (χ0n) is 8.77. The van der Waals surface area contributed by atoms with Crippen molar-refractivity contribution < 1.29 is 14.3 Å². The van der Waals surface area contributed by atoms with Crippen LogP contribution < -0.4 is 0 Å². The Kier molecular flexibility index (Phi) is 5.78. The standard InChI is InChI=1S/C12H13BrO3/c13-8-4-7-11(9-14)16-12(15)10-5-2-1-3-6-10/h1-3,5-6,9,11H,4,7-8H2. The number of esters is 1. The Morgan fingerprint density at radius 3 is 2.62 bits per heavy atom. The first-order valence-electron chi connectivity index (χ1n) is 5.05. The quantitative estimate of drug-likeness (QED) is 0.458. The van der Waals surface area contributed by atoms with Gasteiger partial charge in [-0.1, -0.05) is 34.1 Å². The molecule has 1 aromatic carbocycles. The summed E-state index contributed by atoms with van der Waals surface area (Å²) < 4.78 is 5.06. The van der Waals surface area contributed by atoms with E-state index in [1.807, 2.05) is 6.07 Å². The first kappa shape index (κ1) is 12.9. The minimum Gasteiger partial charge on any atom is -0.451 e. The fourth-order valence-corrected chi connectivity index (χ4v) is 1.54. The number of alkyl halides is 1. The van der Waals surface area contributed by atoms with Crippen molar-refractivity contribution >= 4 is 28.2 Å². The Morgan fingerprint density at radius 2 is 2.06 bits per heavy atom. The van der Waals surface area contributed by atoms with Crippen molar-refractivity contribution in [1.29, 1.82) is 0 Å². The number of rotatable bonds is 6.